The van der Waals surface area contributed by atoms with E-state index in [1.54, 1.807) is 31.2 Å². The topological polar surface area (TPSA) is 125 Å². The van der Waals surface area contributed by atoms with Crippen molar-refractivity contribution in [1.29, 1.82) is 0 Å². The molecule has 0 spiro atoms. The summed E-state index contributed by atoms with van der Waals surface area (Å²) >= 11 is 0. The Kier molecular flexibility index (Phi) is 5.10. The predicted octanol–water partition coefficient (Wildman–Crippen LogP) is -0.212. The Morgan fingerprint density at radius 2 is 1.81 bits per heavy atom. The van der Waals surface area contributed by atoms with Crippen LogP contribution in [0.5, 0.6) is 0 Å². The van der Waals surface area contributed by atoms with Crippen LogP contribution >= 0.6 is 0 Å². The third-order valence-electron chi connectivity index (χ3n) is 6.04. The van der Waals surface area contributed by atoms with Gasteiger partial charge in [0.15, 0.2) is 0 Å². The Bertz CT molecular complexity index is 1030. The van der Waals surface area contributed by atoms with Gasteiger partial charge >= 0.3 is 5.97 Å². The minimum atomic E-state index is -0.973. The highest BCUT2D eigenvalue weighted by Crippen LogP contribution is 2.45. The largest absolute Gasteiger partial charge is 0.468 e. The van der Waals surface area contributed by atoms with Crippen molar-refractivity contribution in [3.63, 3.8) is 0 Å². The lowest BCUT2D eigenvalue weighted by molar-refractivity contribution is -0.147. The maximum atomic E-state index is 12.8. The monoisotopic (exact) mass is 426 g/mol. The number of benzene rings is 1. The predicted molar refractivity (Wildman–Crippen MR) is 107 cm³/mol. The number of esters is 1. The molecule has 0 aromatic heterocycles. The molecule has 2 fully saturated rings. The van der Waals surface area contributed by atoms with E-state index in [-0.39, 0.29) is 12.2 Å². The molecule has 0 bridgehead atoms. The number of hydrogen-bond donors (Lipinski definition) is 2. The van der Waals surface area contributed by atoms with E-state index < -0.39 is 53.5 Å². The average Bonchev–Trinajstić information content (AvgIpc) is 3.35. The molecule has 3 aliphatic rings. The van der Waals surface area contributed by atoms with Gasteiger partial charge in [-0.2, -0.15) is 0 Å². The summed E-state index contributed by atoms with van der Waals surface area (Å²) in [5.41, 5.74) is 1.20. The molecule has 31 heavy (non-hydrogen) atoms. The van der Waals surface area contributed by atoms with Crippen molar-refractivity contribution < 1.29 is 28.7 Å². The van der Waals surface area contributed by atoms with Gasteiger partial charge in [0.2, 0.25) is 11.8 Å². The quantitative estimate of drug-likeness (QED) is 0.489. The molecule has 0 radical (unpaired) electrons. The standard InChI is InChI=1S/C21H22N4O6/c1-4-25-13(26)9-12(18(25)27)22-11-8-6-5-7-10(11)16-14-15(17(23-16)21(30)31-3)20(29)24(2)19(14)28/h5-9,14-17,22-23H,4H2,1-3H3/t14-,15+,16-,17-/m1/s1. The summed E-state index contributed by atoms with van der Waals surface area (Å²) in [7, 11) is 2.62. The summed E-state index contributed by atoms with van der Waals surface area (Å²) in [6.45, 7) is 1.95. The van der Waals surface area contributed by atoms with E-state index in [0.29, 0.717) is 11.3 Å². The van der Waals surface area contributed by atoms with Crippen molar-refractivity contribution in [3.8, 4) is 0 Å². The molecule has 0 saturated carbocycles. The van der Waals surface area contributed by atoms with E-state index in [4.69, 9.17) is 4.74 Å². The fourth-order valence-corrected chi connectivity index (χ4v) is 4.51. The fraction of sp³-hybridized carbons (Fsp3) is 0.381. The number of amides is 4. The van der Waals surface area contributed by atoms with Crippen molar-refractivity contribution in [2.24, 2.45) is 11.8 Å². The lowest BCUT2D eigenvalue weighted by Gasteiger charge is -2.22. The lowest BCUT2D eigenvalue weighted by atomic mass is 9.86. The van der Waals surface area contributed by atoms with E-state index in [0.717, 1.165) is 9.80 Å². The second kappa shape index (κ2) is 7.62. The van der Waals surface area contributed by atoms with Gasteiger partial charge in [-0.05, 0) is 18.6 Å². The molecule has 4 rings (SSSR count). The van der Waals surface area contributed by atoms with Crippen LogP contribution in [0.4, 0.5) is 5.69 Å². The molecule has 1 aromatic carbocycles. The molecular weight excluding hydrogens is 404 g/mol. The van der Waals surface area contributed by atoms with Crippen LogP contribution in [-0.2, 0) is 28.7 Å². The number of para-hydroxylation sites is 1. The molecule has 162 valence electrons. The van der Waals surface area contributed by atoms with Crippen LogP contribution in [0, 0.1) is 11.8 Å². The molecular formula is C21H22N4O6. The van der Waals surface area contributed by atoms with Gasteiger partial charge in [-0.3, -0.25) is 39.1 Å². The van der Waals surface area contributed by atoms with E-state index in [2.05, 4.69) is 10.6 Å². The Hall–Kier alpha value is -3.53. The molecule has 1 aromatic rings. The van der Waals surface area contributed by atoms with E-state index in [1.807, 2.05) is 0 Å². The van der Waals surface area contributed by atoms with Crippen molar-refractivity contribution >= 4 is 35.3 Å². The van der Waals surface area contributed by atoms with Gasteiger partial charge < -0.3 is 10.1 Å². The third kappa shape index (κ3) is 3.10. The number of nitrogens with one attached hydrogen (secondary N) is 2. The number of likely N-dealkylation sites (N-methyl/N-ethyl adjacent to an activating group) is 1. The molecule has 0 aliphatic carbocycles. The first-order valence-corrected chi connectivity index (χ1v) is 9.88. The van der Waals surface area contributed by atoms with Crippen LogP contribution in [-0.4, -0.2) is 66.1 Å². The van der Waals surface area contributed by atoms with Crippen LogP contribution in [0.2, 0.25) is 0 Å². The van der Waals surface area contributed by atoms with Crippen LogP contribution in [0.25, 0.3) is 0 Å². The van der Waals surface area contributed by atoms with Gasteiger partial charge in [-0.25, -0.2) is 0 Å². The van der Waals surface area contributed by atoms with Crippen molar-refractivity contribution in [2.75, 3.05) is 26.0 Å². The summed E-state index contributed by atoms with van der Waals surface area (Å²) < 4.78 is 4.84. The minimum absolute atomic E-state index is 0.115. The van der Waals surface area contributed by atoms with Gasteiger partial charge in [0.05, 0.1) is 18.9 Å². The number of methoxy groups -OCH3 is 1. The second-order valence-corrected chi connectivity index (χ2v) is 7.59. The molecule has 10 heteroatoms. The molecule has 4 amide bonds. The SMILES string of the molecule is CCN1C(=O)C=C(Nc2ccccc2[C@H]2N[C@@H](C(=O)OC)[C@H]3C(=O)N(C)C(=O)[C@H]32)C1=O. The normalized spacial score (nSPS) is 27.6. The summed E-state index contributed by atoms with van der Waals surface area (Å²) in [5.74, 6) is -3.99. The smallest absolute Gasteiger partial charge is 0.323 e. The zero-order valence-electron chi connectivity index (χ0n) is 17.2. The number of anilines is 1. The van der Waals surface area contributed by atoms with Gasteiger partial charge in [-0.1, -0.05) is 18.2 Å². The summed E-state index contributed by atoms with van der Waals surface area (Å²) in [4.78, 5) is 64.5. The molecule has 10 nitrogen and oxygen atoms in total. The van der Waals surface area contributed by atoms with Gasteiger partial charge in [0, 0.05) is 31.4 Å². The summed E-state index contributed by atoms with van der Waals surface area (Å²) in [6.07, 6.45) is 1.22. The number of carbonyl (C=O) groups excluding carboxylic acids is 5. The maximum absolute atomic E-state index is 12.8. The minimum Gasteiger partial charge on any atom is -0.468 e. The number of ether oxygens (including phenoxy) is 1. The van der Waals surface area contributed by atoms with Gasteiger partial charge in [-0.15, -0.1) is 0 Å². The first-order chi connectivity index (χ1) is 14.8. The highest BCUT2D eigenvalue weighted by molar-refractivity contribution is 6.17. The Morgan fingerprint density at radius 3 is 2.45 bits per heavy atom. The molecule has 4 atom stereocenters. The number of carbonyl (C=O) groups is 5. The molecule has 2 saturated heterocycles. The second-order valence-electron chi connectivity index (χ2n) is 7.59. The number of imide groups is 2. The number of hydrogen-bond acceptors (Lipinski definition) is 8. The number of likely N-dealkylation sites (tertiary alicyclic amines) is 1. The van der Waals surface area contributed by atoms with Crippen LogP contribution in [0.15, 0.2) is 36.0 Å². The van der Waals surface area contributed by atoms with E-state index >= 15 is 0 Å². The van der Waals surface area contributed by atoms with Crippen molar-refractivity contribution in [2.45, 2.75) is 19.0 Å². The van der Waals surface area contributed by atoms with E-state index in [1.165, 1.54) is 20.2 Å². The van der Waals surface area contributed by atoms with Crippen molar-refractivity contribution in [1.82, 2.24) is 15.1 Å². The fourth-order valence-electron chi connectivity index (χ4n) is 4.51. The zero-order valence-corrected chi connectivity index (χ0v) is 17.2. The highest BCUT2D eigenvalue weighted by Gasteiger charge is 2.60. The molecule has 3 aliphatic heterocycles. The average molecular weight is 426 g/mol. The van der Waals surface area contributed by atoms with Crippen LogP contribution < -0.4 is 10.6 Å². The molecule has 2 N–H and O–H groups in total. The number of nitrogens with zero attached hydrogens (tertiary/aromatic N) is 2. The number of rotatable bonds is 5. The molecule has 3 heterocycles. The van der Waals surface area contributed by atoms with Crippen LogP contribution in [0.1, 0.15) is 18.5 Å². The lowest BCUT2D eigenvalue weighted by Crippen LogP contribution is -2.42. The van der Waals surface area contributed by atoms with Gasteiger partial charge in [0.25, 0.3) is 11.8 Å². The van der Waals surface area contributed by atoms with E-state index in [9.17, 15) is 24.0 Å². The molecule has 0 unspecified atom stereocenters. The summed E-state index contributed by atoms with van der Waals surface area (Å²) in [6, 6.07) is 5.29. The first-order valence-electron chi connectivity index (χ1n) is 9.88. The Labute approximate surface area is 178 Å². The Balaban J connectivity index is 1.71. The Morgan fingerprint density at radius 1 is 1.13 bits per heavy atom. The third-order valence-corrected chi connectivity index (χ3v) is 6.04. The zero-order chi connectivity index (χ0) is 22.4. The maximum Gasteiger partial charge on any atom is 0.323 e. The number of fused-ring (bicyclic) bond motifs is 1. The van der Waals surface area contributed by atoms with Gasteiger partial charge in [0.1, 0.15) is 11.7 Å². The summed E-state index contributed by atoms with van der Waals surface area (Å²) in [5, 5.41) is 6.07. The highest BCUT2D eigenvalue weighted by atomic mass is 16.5. The first kappa shape index (κ1) is 20.7. The van der Waals surface area contributed by atoms with Crippen LogP contribution in [0.3, 0.4) is 0 Å². The van der Waals surface area contributed by atoms with Crippen molar-refractivity contribution in [3.05, 3.63) is 41.6 Å².